The molecule has 3 rings (SSSR count). The fraction of sp³-hybridized carbons (Fsp3) is 0.625. The van der Waals surface area contributed by atoms with Gasteiger partial charge in [0.1, 0.15) is 0 Å². The number of fused-ring (bicyclic) bond motifs is 2. The van der Waals surface area contributed by atoms with Crippen LogP contribution >= 0.6 is 11.6 Å². The van der Waals surface area contributed by atoms with Crippen LogP contribution in [0.3, 0.4) is 0 Å². The Balaban J connectivity index is 1.69. The molecule has 0 heterocycles. The molecule has 0 spiro atoms. The number of halogens is 1. The molecule has 0 aliphatic heterocycles. The van der Waals surface area contributed by atoms with Crippen LogP contribution in [0.25, 0.3) is 0 Å². The minimum atomic E-state index is -0.208. The molecule has 2 bridgehead atoms. The van der Waals surface area contributed by atoms with Gasteiger partial charge in [0.05, 0.1) is 6.10 Å². The molecular weight excluding hydrogens is 244 g/mol. The molecule has 2 heteroatoms. The van der Waals surface area contributed by atoms with Gasteiger partial charge < -0.3 is 5.11 Å². The number of rotatable bonds is 3. The molecule has 0 radical (unpaired) electrons. The molecule has 0 aromatic heterocycles. The van der Waals surface area contributed by atoms with Crippen LogP contribution in [0, 0.1) is 24.7 Å². The lowest BCUT2D eigenvalue weighted by atomic mass is 9.82. The quantitative estimate of drug-likeness (QED) is 0.875. The maximum absolute atomic E-state index is 10.5. The largest absolute Gasteiger partial charge is 0.392 e. The average Bonchev–Trinajstić information content (AvgIpc) is 2.94. The normalized spacial score (nSPS) is 31.8. The van der Waals surface area contributed by atoms with E-state index in [1.165, 1.54) is 31.2 Å². The highest BCUT2D eigenvalue weighted by molar-refractivity contribution is 6.31. The summed E-state index contributed by atoms with van der Waals surface area (Å²) in [4.78, 5) is 0. The Hall–Kier alpha value is -0.530. The van der Waals surface area contributed by atoms with Gasteiger partial charge in [-0.2, -0.15) is 0 Å². The maximum Gasteiger partial charge on any atom is 0.0611 e. The summed E-state index contributed by atoms with van der Waals surface area (Å²) in [5.74, 6) is 2.18. The number of benzene rings is 1. The van der Waals surface area contributed by atoms with Crippen molar-refractivity contribution in [1.82, 2.24) is 0 Å². The van der Waals surface area contributed by atoms with Crippen molar-refractivity contribution in [3.63, 3.8) is 0 Å². The summed E-state index contributed by atoms with van der Waals surface area (Å²) in [6.07, 6.45) is 5.80. The summed E-state index contributed by atoms with van der Waals surface area (Å²) < 4.78 is 0. The number of aliphatic hydroxyl groups is 1. The van der Waals surface area contributed by atoms with E-state index in [0.29, 0.717) is 12.3 Å². The first kappa shape index (κ1) is 12.5. The molecule has 1 N–H and O–H groups in total. The molecule has 1 aromatic rings. The van der Waals surface area contributed by atoms with E-state index >= 15 is 0 Å². The van der Waals surface area contributed by atoms with Crippen LogP contribution in [-0.2, 0) is 6.42 Å². The van der Waals surface area contributed by atoms with Crippen LogP contribution in [0.4, 0.5) is 0 Å². The summed E-state index contributed by atoms with van der Waals surface area (Å²) in [6.45, 7) is 2.04. The van der Waals surface area contributed by atoms with E-state index in [-0.39, 0.29) is 6.10 Å². The Morgan fingerprint density at radius 3 is 2.78 bits per heavy atom. The van der Waals surface area contributed by atoms with Crippen molar-refractivity contribution in [3.05, 3.63) is 34.3 Å². The first-order valence-corrected chi connectivity index (χ1v) is 7.44. The van der Waals surface area contributed by atoms with E-state index in [9.17, 15) is 5.11 Å². The smallest absolute Gasteiger partial charge is 0.0611 e. The van der Waals surface area contributed by atoms with Crippen molar-refractivity contribution in [1.29, 1.82) is 0 Å². The van der Waals surface area contributed by atoms with Crippen LogP contribution in [0.5, 0.6) is 0 Å². The van der Waals surface area contributed by atoms with E-state index in [1.807, 2.05) is 13.0 Å². The Bertz CT molecular complexity index is 443. The van der Waals surface area contributed by atoms with Crippen LogP contribution in [-0.4, -0.2) is 11.2 Å². The summed E-state index contributed by atoms with van der Waals surface area (Å²) in [6, 6.07) is 6.13. The van der Waals surface area contributed by atoms with Gasteiger partial charge in [-0.1, -0.05) is 30.2 Å². The molecule has 2 saturated carbocycles. The zero-order valence-electron chi connectivity index (χ0n) is 10.9. The predicted molar refractivity (Wildman–Crippen MR) is 74.8 cm³/mol. The molecule has 4 unspecified atom stereocenters. The van der Waals surface area contributed by atoms with Gasteiger partial charge in [-0.3, -0.25) is 0 Å². The van der Waals surface area contributed by atoms with Crippen molar-refractivity contribution < 1.29 is 5.11 Å². The van der Waals surface area contributed by atoms with Crippen molar-refractivity contribution in [2.45, 2.75) is 45.1 Å². The Kier molecular flexibility index (Phi) is 3.38. The molecule has 4 atom stereocenters. The van der Waals surface area contributed by atoms with Gasteiger partial charge in [-0.25, -0.2) is 0 Å². The van der Waals surface area contributed by atoms with Crippen molar-refractivity contribution in [3.8, 4) is 0 Å². The van der Waals surface area contributed by atoms with Gasteiger partial charge in [-0.15, -0.1) is 0 Å². The third-order valence-corrected chi connectivity index (χ3v) is 5.28. The molecule has 0 saturated heterocycles. The first-order valence-electron chi connectivity index (χ1n) is 7.06. The maximum atomic E-state index is 10.5. The monoisotopic (exact) mass is 264 g/mol. The summed E-state index contributed by atoms with van der Waals surface area (Å²) in [7, 11) is 0. The fourth-order valence-corrected chi connectivity index (χ4v) is 4.27. The van der Waals surface area contributed by atoms with Gasteiger partial charge in [0.2, 0.25) is 0 Å². The van der Waals surface area contributed by atoms with Crippen LogP contribution < -0.4 is 0 Å². The van der Waals surface area contributed by atoms with Gasteiger partial charge >= 0.3 is 0 Å². The number of aryl methyl sites for hydroxylation is 1. The minimum Gasteiger partial charge on any atom is -0.392 e. The minimum absolute atomic E-state index is 0.208. The van der Waals surface area contributed by atoms with E-state index < -0.39 is 0 Å². The summed E-state index contributed by atoms with van der Waals surface area (Å²) in [5, 5.41) is 11.3. The van der Waals surface area contributed by atoms with Crippen molar-refractivity contribution in [2.24, 2.45) is 17.8 Å². The molecule has 0 amide bonds. The lowest BCUT2D eigenvalue weighted by Crippen LogP contribution is -2.27. The zero-order valence-corrected chi connectivity index (χ0v) is 11.7. The molecule has 1 aromatic carbocycles. The number of aliphatic hydroxyl groups excluding tert-OH is 1. The van der Waals surface area contributed by atoms with Gasteiger partial charge in [0, 0.05) is 11.4 Å². The van der Waals surface area contributed by atoms with Gasteiger partial charge in [-0.05, 0) is 61.1 Å². The second kappa shape index (κ2) is 4.86. The topological polar surface area (TPSA) is 20.2 Å². The standard InChI is InChI=1S/C16H21ClO/c1-10-2-4-13(15(17)6-10)9-16(18)14-8-11-3-5-12(14)7-11/h2,4,6,11-12,14,16,18H,3,5,7-9H2,1H3. The van der Waals surface area contributed by atoms with Crippen molar-refractivity contribution >= 4 is 11.6 Å². The molecule has 2 aliphatic carbocycles. The van der Waals surface area contributed by atoms with Gasteiger partial charge in [0.25, 0.3) is 0 Å². The highest BCUT2D eigenvalue weighted by Gasteiger charge is 2.42. The van der Waals surface area contributed by atoms with E-state index in [2.05, 4.69) is 12.1 Å². The van der Waals surface area contributed by atoms with Crippen LogP contribution in [0.1, 0.15) is 36.8 Å². The Labute approximate surface area is 114 Å². The molecule has 2 aliphatic rings. The van der Waals surface area contributed by atoms with E-state index in [0.717, 1.165) is 22.4 Å². The zero-order chi connectivity index (χ0) is 12.7. The summed E-state index contributed by atoms with van der Waals surface area (Å²) in [5.41, 5.74) is 2.27. The third-order valence-electron chi connectivity index (χ3n) is 4.92. The third kappa shape index (κ3) is 2.31. The Morgan fingerprint density at radius 2 is 2.17 bits per heavy atom. The summed E-state index contributed by atoms with van der Waals surface area (Å²) >= 11 is 6.25. The Morgan fingerprint density at radius 1 is 1.33 bits per heavy atom. The molecule has 1 nitrogen and oxygen atoms in total. The van der Waals surface area contributed by atoms with Gasteiger partial charge in [0.15, 0.2) is 0 Å². The van der Waals surface area contributed by atoms with E-state index in [1.54, 1.807) is 0 Å². The average molecular weight is 265 g/mol. The van der Waals surface area contributed by atoms with Crippen LogP contribution in [0.15, 0.2) is 18.2 Å². The van der Waals surface area contributed by atoms with Crippen LogP contribution in [0.2, 0.25) is 5.02 Å². The predicted octanol–water partition coefficient (Wildman–Crippen LogP) is 3.99. The molecular formula is C16H21ClO. The van der Waals surface area contributed by atoms with E-state index in [4.69, 9.17) is 11.6 Å². The molecule has 18 heavy (non-hydrogen) atoms. The second-order valence-corrected chi connectivity index (χ2v) is 6.61. The number of hydrogen-bond donors (Lipinski definition) is 1. The lowest BCUT2D eigenvalue weighted by Gasteiger charge is -2.27. The molecule has 98 valence electrons. The lowest BCUT2D eigenvalue weighted by molar-refractivity contribution is 0.0751. The number of hydrogen-bond acceptors (Lipinski definition) is 1. The first-order chi connectivity index (χ1) is 8.63. The molecule has 2 fully saturated rings. The van der Waals surface area contributed by atoms with Crippen molar-refractivity contribution in [2.75, 3.05) is 0 Å². The second-order valence-electron chi connectivity index (χ2n) is 6.21. The highest BCUT2D eigenvalue weighted by Crippen LogP contribution is 2.50. The highest BCUT2D eigenvalue weighted by atomic mass is 35.5. The SMILES string of the molecule is Cc1ccc(CC(O)C2CC3CCC2C3)c(Cl)c1. The fourth-order valence-electron chi connectivity index (χ4n) is 3.96.